The molecule has 0 bridgehead atoms. The molecular weight excluding hydrogens is 437 g/mol. The van der Waals surface area contributed by atoms with Gasteiger partial charge in [0, 0.05) is 27.9 Å². The van der Waals surface area contributed by atoms with Gasteiger partial charge in [0.1, 0.15) is 5.52 Å². The normalized spacial score (nSPS) is 11.6. The third kappa shape index (κ3) is 4.03. The molecule has 0 unspecified atom stereocenters. The number of fused-ring (bicyclic) bond motifs is 1. The molecule has 0 aliphatic rings. The standard InChI is InChI=1S/C20H17BrClN3O.Na.H/c1-20(2,3)13-9-16(26-17(13)21)19-24-15-8-11(10-23-18(15)25-19)12-6-4-5-7-14(12)22;;/h4-10H,1-3H3,(H,23,24,25);;. The van der Waals surface area contributed by atoms with E-state index in [0.29, 0.717) is 22.3 Å². The Morgan fingerprint density at radius 2 is 1.89 bits per heavy atom. The zero-order valence-corrected chi connectivity index (χ0v) is 16.9. The van der Waals surface area contributed by atoms with E-state index in [1.807, 2.05) is 36.4 Å². The van der Waals surface area contributed by atoms with Crippen LogP contribution in [0.15, 0.2) is 51.7 Å². The van der Waals surface area contributed by atoms with Gasteiger partial charge in [0.2, 0.25) is 0 Å². The summed E-state index contributed by atoms with van der Waals surface area (Å²) in [5.41, 5.74) is 4.41. The summed E-state index contributed by atoms with van der Waals surface area (Å²) < 4.78 is 6.59. The minimum atomic E-state index is -0.0257. The van der Waals surface area contributed by atoms with Crippen molar-refractivity contribution in [1.82, 2.24) is 15.0 Å². The number of halogens is 2. The van der Waals surface area contributed by atoms with Crippen LogP contribution in [0.25, 0.3) is 33.9 Å². The summed E-state index contributed by atoms with van der Waals surface area (Å²) in [7, 11) is 0. The molecule has 0 spiro atoms. The molecule has 0 saturated carbocycles. The monoisotopic (exact) mass is 453 g/mol. The van der Waals surface area contributed by atoms with E-state index >= 15 is 0 Å². The van der Waals surface area contributed by atoms with Crippen LogP contribution in [0.1, 0.15) is 26.3 Å². The van der Waals surface area contributed by atoms with Gasteiger partial charge in [0.05, 0.1) is 0 Å². The Hall–Kier alpha value is -1.11. The van der Waals surface area contributed by atoms with Crippen molar-refractivity contribution in [1.29, 1.82) is 0 Å². The summed E-state index contributed by atoms with van der Waals surface area (Å²) in [4.78, 5) is 12.4. The second kappa shape index (κ2) is 7.72. The molecule has 1 aromatic carbocycles. The van der Waals surface area contributed by atoms with Crippen LogP contribution in [-0.4, -0.2) is 44.5 Å². The van der Waals surface area contributed by atoms with Crippen molar-refractivity contribution in [3.63, 3.8) is 0 Å². The number of H-pyrrole nitrogens is 1. The number of pyridine rings is 1. The Kier molecular flexibility index (Phi) is 5.90. The molecule has 3 aromatic heterocycles. The number of aromatic amines is 1. The van der Waals surface area contributed by atoms with E-state index in [1.165, 1.54) is 0 Å². The van der Waals surface area contributed by atoms with Crippen molar-refractivity contribution in [2.24, 2.45) is 0 Å². The van der Waals surface area contributed by atoms with Crippen LogP contribution in [0.5, 0.6) is 0 Å². The van der Waals surface area contributed by atoms with Gasteiger partial charge in [-0.25, -0.2) is 9.97 Å². The first-order valence-corrected chi connectivity index (χ1v) is 9.41. The number of hydrogen-bond donors (Lipinski definition) is 1. The molecule has 4 nitrogen and oxygen atoms in total. The zero-order chi connectivity index (χ0) is 18.5. The number of aromatic nitrogens is 3. The zero-order valence-electron chi connectivity index (χ0n) is 14.6. The van der Waals surface area contributed by atoms with E-state index in [2.05, 4.69) is 51.7 Å². The number of benzene rings is 1. The molecule has 0 radical (unpaired) electrons. The Labute approximate surface area is 193 Å². The van der Waals surface area contributed by atoms with Crippen LogP contribution in [-0.2, 0) is 5.41 Å². The fourth-order valence-corrected chi connectivity index (χ4v) is 3.98. The van der Waals surface area contributed by atoms with Gasteiger partial charge in [-0.15, -0.1) is 0 Å². The van der Waals surface area contributed by atoms with Gasteiger partial charge in [0.15, 0.2) is 21.9 Å². The Morgan fingerprint density at radius 3 is 2.56 bits per heavy atom. The molecule has 0 aliphatic carbocycles. The van der Waals surface area contributed by atoms with Crippen LogP contribution in [0, 0.1) is 0 Å². The number of imidazole rings is 1. The number of furan rings is 1. The average molecular weight is 455 g/mol. The van der Waals surface area contributed by atoms with Crippen molar-refractivity contribution in [3.8, 4) is 22.7 Å². The van der Waals surface area contributed by atoms with Gasteiger partial charge in [-0.3, -0.25) is 0 Å². The van der Waals surface area contributed by atoms with Crippen molar-refractivity contribution in [2.45, 2.75) is 26.2 Å². The predicted octanol–water partition coefficient (Wildman–Crippen LogP) is 5.95. The van der Waals surface area contributed by atoms with Crippen molar-refractivity contribution in [2.75, 3.05) is 0 Å². The van der Waals surface area contributed by atoms with Gasteiger partial charge in [-0.2, -0.15) is 0 Å². The van der Waals surface area contributed by atoms with Crippen molar-refractivity contribution < 1.29 is 4.42 Å². The molecular formula is C20H18BrClN3NaO. The van der Waals surface area contributed by atoms with Crippen LogP contribution in [0.4, 0.5) is 0 Å². The van der Waals surface area contributed by atoms with Gasteiger partial charge in [-0.1, -0.05) is 50.6 Å². The van der Waals surface area contributed by atoms with E-state index in [9.17, 15) is 0 Å². The first-order chi connectivity index (χ1) is 12.3. The molecule has 0 fully saturated rings. The Balaban J connectivity index is 0.00000210. The number of hydrogen-bond acceptors (Lipinski definition) is 3. The van der Waals surface area contributed by atoms with Gasteiger partial charge in [0.25, 0.3) is 0 Å². The quantitative estimate of drug-likeness (QED) is 0.381. The van der Waals surface area contributed by atoms with E-state index < -0.39 is 0 Å². The maximum atomic E-state index is 6.30. The summed E-state index contributed by atoms with van der Waals surface area (Å²) in [6, 6.07) is 11.7. The average Bonchev–Trinajstić information content (AvgIpc) is 3.17. The van der Waals surface area contributed by atoms with Crippen LogP contribution >= 0.6 is 27.5 Å². The molecule has 27 heavy (non-hydrogen) atoms. The number of nitrogens with zero attached hydrogens (tertiary/aromatic N) is 2. The summed E-state index contributed by atoms with van der Waals surface area (Å²) in [5.74, 6) is 1.33. The fraction of sp³-hybridized carbons (Fsp3) is 0.200. The first kappa shape index (κ1) is 20.6. The molecule has 134 valence electrons. The molecule has 3 heterocycles. The maximum absolute atomic E-state index is 6.30. The van der Waals surface area contributed by atoms with E-state index in [0.717, 1.165) is 26.9 Å². The van der Waals surface area contributed by atoms with E-state index in [-0.39, 0.29) is 35.0 Å². The van der Waals surface area contributed by atoms with Crippen LogP contribution in [0.3, 0.4) is 0 Å². The summed E-state index contributed by atoms with van der Waals surface area (Å²) in [6.45, 7) is 6.42. The third-order valence-corrected chi connectivity index (χ3v) is 5.17. The van der Waals surface area contributed by atoms with E-state index in [1.54, 1.807) is 6.20 Å². The number of rotatable bonds is 2. The molecule has 0 aliphatic heterocycles. The fourth-order valence-electron chi connectivity index (χ4n) is 2.85. The topological polar surface area (TPSA) is 54.7 Å². The molecule has 4 rings (SSSR count). The second-order valence-corrected chi connectivity index (χ2v) is 8.33. The van der Waals surface area contributed by atoms with Crippen LogP contribution < -0.4 is 0 Å². The third-order valence-electron chi connectivity index (χ3n) is 4.25. The van der Waals surface area contributed by atoms with Crippen LogP contribution in [0.2, 0.25) is 5.02 Å². The van der Waals surface area contributed by atoms with Crippen molar-refractivity contribution >= 4 is 68.3 Å². The molecule has 7 heteroatoms. The minimum absolute atomic E-state index is 0. The number of nitrogens with one attached hydrogen (secondary N) is 1. The predicted molar refractivity (Wildman–Crippen MR) is 116 cm³/mol. The first-order valence-electron chi connectivity index (χ1n) is 8.24. The Bertz CT molecular complexity index is 1110. The summed E-state index contributed by atoms with van der Waals surface area (Å²) in [5, 5.41) is 0.689. The second-order valence-electron chi connectivity index (χ2n) is 7.21. The van der Waals surface area contributed by atoms with Gasteiger partial charge in [-0.05, 0) is 39.5 Å². The summed E-state index contributed by atoms with van der Waals surface area (Å²) in [6.07, 6.45) is 1.80. The van der Waals surface area contributed by atoms with Gasteiger partial charge < -0.3 is 9.40 Å². The molecule has 4 aromatic rings. The Morgan fingerprint density at radius 1 is 1.15 bits per heavy atom. The molecule has 0 atom stereocenters. The van der Waals surface area contributed by atoms with Gasteiger partial charge >= 0.3 is 29.6 Å². The SMILES string of the molecule is CC(C)(C)c1cc(-c2nc3cc(-c4ccccc4Cl)cnc3[nH]2)oc1Br.[NaH]. The molecule has 0 amide bonds. The van der Waals surface area contributed by atoms with Crippen molar-refractivity contribution in [3.05, 3.63) is 57.9 Å². The summed E-state index contributed by atoms with van der Waals surface area (Å²) >= 11 is 9.80. The molecule has 1 N–H and O–H groups in total. The van der Waals surface area contributed by atoms with E-state index in [4.69, 9.17) is 16.0 Å². The molecule has 0 saturated heterocycles.